The molecule has 0 nitrogen and oxygen atoms in total. The summed E-state index contributed by atoms with van der Waals surface area (Å²) in [4.78, 5) is 0. The van der Waals surface area contributed by atoms with Gasteiger partial charge in [-0.15, -0.1) is 6.08 Å². The van der Waals surface area contributed by atoms with Crippen LogP contribution in [0.5, 0.6) is 0 Å². The summed E-state index contributed by atoms with van der Waals surface area (Å²) in [6.07, 6.45) is 11.5. The summed E-state index contributed by atoms with van der Waals surface area (Å²) in [6.45, 7) is 0. The Morgan fingerprint density at radius 1 is 1.29 bits per heavy atom. The molecule has 0 saturated carbocycles. The summed E-state index contributed by atoms with van der Waals surface area (Å²) in [5.74, 6) is 0. The van der Waals surface area contributed by atoms with Gasteiger partial charge in [-0.3, -0.25) is 6.08 Å². The van der Waals surface area contributed by atoms with E-state index in [9.17, 15) is 0 Å². The molecule has 0 unspecified atom stereocenters. The normalized spacial score (nSPS) is 16.0. The summed E-state index contributed by atoms with van der Waals surface area (Å²) >= 11 is 0. The first-order chi connectivity index (χ1) is 3.00. The van der Waals surface area contributed by atoms with Gasteiger partial charge in [0.25, 0.3) is 0 Å². The van der Waals surface area contributed by atoms with E-state index in [1.165, 1.54) is 0 Å². The minimum absolute atomic E-state index is 0. The number of hydrogen-bond donors (Lipinski definition) is 0. The third kappa shape index (κ3) is 2.78. The van der Waals surface area contributed by atoms with Gasteiger partial charge in [0.1, 0.15) is 0 Å². The average molecular weight is 271 g/mol. The van der Waals surface area contributed by atoms with E-state index in [2.05, 4.69) is 24.3 Å². The van der Waals surface area contributed by atoms with Gasteiger partial charge in [0, 0.05) is 20.1 Å². The summed E-state index contributed by atoms with van der Waals surface area (Å²) in [6, 6.07) is 0. The molecule has 1 radical (unpaired) electrons. The molecule has 0 aliphatic heterocycles. The van der Waals surface area contributed by atoms with E-state index in [1.54, 1.807) is 0 Å². The Kier molecular flexibility index (Phi) is 4.37. The number of hydrogen-bond acceptors (Lipinski definition) is 0. The fraction of sp³-hybridized carbons (Fsp3) is 0.333. The van der Waals surface area contributed by atoms with Gasteiger partial charge in [-0.1, -0.05) is 6.08 Å². The van der Waals surface area contributed by atoms with Crippen molar-refractivity contribution in [3.05, 3.63) is 24.3 Å². The van der Waals surface area contributed by atoms with Crippen LogP contribution in [0.25, 0.3) is 0 Å². The first-order valence-electron chi connectivity index (χ1n) is 2.20. The molecule has 1 aliphatic carbocycles. The molecule has 1 rings (SSSR count). The summed E-state index contributed by atoms with van der Waals surface area (Å²) in [5.41, 5.74) is 0. The molecule has 0 aromatic rings. The van der Waals surface area contributed by atoms with Crippen molar-refractivity contribution in [3.63, 3.8) is 0 Å². The third-order valence-electron chi connectivity index (χ3n) is 0.801. The van der Waals surface area contributed by atoms with Gasteiger partial charge in [-0.25, -0.2) is 0 Å². The fourth-order valence-electron chi connectivity index (χ4n) is 0.482. The van der Waals surface area contributed by atoms with Crippen LogP contribution in [0.4, 0.5) is 0 Å². The van der Waals surface area contributed by atoms with Gasteiger partial charge in [0.2, 0.25) is 0 Å². The Morgan fingerprint density at radius 2 is 2.14 bits per heavy atom. The molecule has 1 heteroatoms. The van der Waals surface area contributed by atoms with E-state index >= 15 is 0 Å². The molecule has 0 heterocycles. The molecule has 0 fully saturated rings. The van der Waals surface area contributed by atoms with Crippen molar-refractivity contribution in [2.75, 3.05) is 0 Å². The quantitative estimate of drug-likeness (QED) is 0.465. The molecule has 0 atom stereocenters. The molecule has 0 spiro atoms. The van der Waals surface area contributed by atoms with E-state index in [4.69, 9.17) is 0 Å². The number of allylic oxidation sites excluding steroid dienone is 4. The van der Waals surface area contributed by atoms with Crippen molar-refractivity contribution in [3.8, 4) is 0 Å². The summed E-state index contributed by atoms with van der Waals surface area (Å²) in [7, 11) is 0. The van der Waals surface area contributed by atoms with Crippen LogP contribution in [0.3, 0.4) is 0 Å². The fourth-order valence-corrected chi connectivity index (χ4v) is 0.482. The maximum absolute atomic E-state index is 3.07. The molecule has 0 amide bonds. The van der Waals surface area contributed by atoms with Crippen LogP contribution in [-0.4, -0.2) is 0 Å². The van der Waals surface area contributed by atoms with Crippen molar-refractivity contribution in [1.82, 2.24) is 0 Å². The van der Waals surface area contributed by atoms with E-state index in [0.29, 0.717) is 0 Å². The van der Waals surface area contributed by atoms with Crippen LogP contribution in [0, 0.1) is 6.08 Å². The molecule has 41 valence electrons. The standard InChI is InChI=1S/C6H7.Ir/c1-2-4-6-5-3-1;/h1-2,5H,3-4H2;/q-1;. The van der Waals surface area contributed by atoms with Crippen LogP contribution in [0.15, 0.2) is 18.2 Å². The first kappa shape index (κ1) is 7.13. The monoisotopic (exact) mass is 272 g/mol. The van der Waals surface area contributed by atoms with Crippen LogP contribution in [0.2, 0.25) is 0 Å². The third-order valence-corrected chi connectivity index (χ3v) is 0.801. The largest absolute Gasteiger partial charge is 0.496 e. The van der Waals surface area contributed by atoms with Gasteiger partial charge in [0.05, 0.1) is 0 Å². The topological polar surface area (TPSA) is 0 Å². The van der Waals surface area contributed by atoms with Crippen LogP contribution in [0.1, 0.15) is 12.8 Å². The Hall–Kier alpha value is 0.129. The summed E-state index contributed by atoms with van der Waals surface area (Å²) < 4.78 is 0. The van der Waals surface area contributed by atoms with E-state index in [-0.39, 0.29) is 20.1 Å². The zero-order valence-electron chi connectivity index (χ0n) is 3.98. The number of rotatable bonds is 0. The molecule has 0 bridgehead atoms. The Morgan fingerprint density at radius 3 is 2.29 bits per heavy atom. The Balaban J connectivity index is 0.000000360. The van der Waals surface area contributed by atoms with Gasteiger partial charge in [-0.2, -0.15) is 6.42 Å². The van der Waals surface area contributed by atoms with Crippen LogP contribution >= 0.6 is 0 Å². The predicted molar refractivity (Wildman–Crippen MR) is 26.2 cm³/mol. The van der Waals surface area contributed by atoms with E-state index < -0.39 is 0 Å². The van der Waals surface area contributed by atoms with Crippen LogP contribution in [-0.2, 0) is 20.1 Å². The molecular weight excluding hydrogens is 264 g/mol. The average Bonchev–Trinajstić information content (AvgIpc) is 1.72. The molecular formula is C6H7Ir-. The first-order valence-corrected chi connectivity index (χ1v) is 2.20. The second-order valence-electron chi connectivity index (χ2n) is 1.32. The van der Waals surface area contributed by atoms with Crippen molar-refractivity contribution in [2.45, 2.75) is 12.8 Å². The molecule has 1 aliphatic rings. The minimum Gasteiger partial charge on any atom is -0.496 e. The smallest absolute Gasteiger partial charge is 0 e. The maximum atomic E-state index is 3.07. The molecule has 0 N–H and O–H groups in total. The van der Waals surface area contributed by atoms with Crippen molar-refractivity contribution < 1.29 is 20.1 Å². The van der Waals surface area contributed by atoms with Crippen molar-refractivity contribution >= 4 is 0 Å². The second-order valence-corrected chi connectivity index (χ2v) is 1.32. The maximum Gasteiger partial charge on any atom is 0 e. The van der Waals surface area contributed by atoms with Gasteiger partial charge in [-0.05, 0) is 6.42 Å². The van der Waals surface area contributed by atoms with Crippen LogP contribution < -0.4 is 0 Å². The Bertz CT molecular complexity index is 62.2. The molecule has 0 aromatic heterocycles. The van der Waals surface area contributed by atoms with Gasteiger partial charge < -0.3 is 6.08 Å². The van der Waals surface area contributed by atoms with Crippen molar-refractivity contribution in [1.29, 1.82) is 0 Å². The SMILES string of the molecule is [C-]1=CCC=CC1.[Ir]. The summed E-state index contributed by atoms with van der Waals surface area (Å²) in [5, 5.41) is 0. The molecule has 0 saturated heterocycles. The van der Waals surface area contributed by atoms with E-state index in [0.717, 1.165) is 12.8 Å². The zero-order chi connectivity index (χ0) is 4.24. The minimum atomic E-state index is 0. The second kappa shape index (κ2) is 4.29. The Labute approximate surface area is 57.7 Å². The van der Waals surface area contributed by atoms with Gasteiger partial charge >= 0.3 is 0 Å². The van der Waals surface area contributed by atoms with E-state index in [1.807, 2.05) is 0 Å². The molecule has 7 heavy (non-hydrogen) atoms. The zero-order valence-corrected chi connectivity index (χ0v) is 6.37. The molecule has 0 aromatic carbocycles. The van der Waals surface area contributed by atoms with Crippen molar-refractivity contribution in [2.24, 2.45) is 0 Å². The predicted octanol–water partition coefficient (Wildman–Crippen LogP) is 1.69. The van der Waals surface area contributed by atoms with Gasteiger partial charge in [0.15, 0.2) is 0 Å².